The average Bonchev–Trinajstić information content (AvgIpc) is 2.34. The molecule has 0 aliphatic carbocycles. The number of benzene rings is 1. The van der Waals surface area contributed by atoms with E-state index >= 15 is 0 Å². The fourth-order valence-corrected chi connectivity index (χ4v) is 1.66. The smallest absolute Gasteiger partial charge is 0.123 e. The molecule has 0 radical (unpaired) electrons. The highest BCUT2D eigenvalue weighted by molar-refractivity contribution is 5.96. The number of aliphatic hydroxyl groups excluding tert-OH is 2. The Labute approximate surface area is 101 Å². The van der Waals surface area contributed by atoms with E-state index in [2.05, 4.69) is 5.32 Å². The van der Waals surface area contributed by atoms with Gasteiger partial charge in [0.05, 0.1) is 6.10 Å². The van der Waals surface area contributed by atoms with Gasteiger partial charge in [-0.1, -0.05) is 24.3 Å². The zero-order valence-electron chi connectivity index (χ0n) is 9.85. The van der Waals surface area contributed by atoms with Gasteiger partial charge in [-0.15, -0.1) is 0 Å². The SMILES string of the molecule is CNCCC(O)C(O)c1ccccc1C(=N)N. The highest BCUT2D eigenvalue weighted by Gasteiger charge is 2.21. The van der Waals surface area contributed by atoms with Crippen molar-refractivity contribution in [1.82, 2.24) is 5.32 Å². The van der Waals surface area contributed by atoms with Crippen LogP contribution in [0.25, 0.3) is 0 Å². The van der Waals surface area contributed by atoms with Crippen LogP contribution in [-0.4, -0.2) is 35.7 Å². The van der Waals surface area contributed by atoms with Crippen LogP contribution in [0.5, 0.6) is 0 Å². The summed E-state index contributed by atoms with van der Waals surface area (Å²) in [6.45, 7) is 0.612. The number of rotatable bonds is 6. The van der Waals surface area contributed by atoms with Gasteiger partial charge in [0.15, 0.2) is 0 Å². The number of hydrogen-bond donors (Lipinski definition) is 5. The number of aliphatic hydroxyl groups is 2. The quantitative estimate of drug-likeness (QED) is 0.354. The van der Waals surface area contributed by atoms with Crippen LogP contribution in [0.3, 0.4) is 0 Å². The Morgan fingerprint density at radius 2 is 2.06 bits per heavy atom. The second kappa shape index (κ2) is 6.34. The summed E-state index contributed by atoms with van der Waals surface area (Å²) in [5.74, 6) is -0.111. The third kappa shape index (κ3) is 3.52. The van der Waals surface area contributed by atoms with Crippen molar-refractivity contribution in [2.45, 2.75) is 18.6 Å². The van der Waals surface area contributed by atoms with Gasteiger partial charge in [-0.2, -0.15) is 0 Å². The van der Waals surface area contributed by atoms with Crippen molar-refractivity contribution in [3.63, 3.8) is 0 Å². The number of nitrogens with one attached hydrogen (secondary N) is 2. The molecule has 0 spiro atoms. The van der Waals surface area contributed by atoms with Crippen molar-refractivity contribution in [2.75, 3.05) is 13.6 Å². The molecule has 0 aliphatic heterocycles. The lowest BCUT2D eigenvalue weighted by molar-refractivity contribution is 0.0139. The molecule has 0 bridgehead atoms. The lowest BCUT2D eigenvalue weighted by Crippen LogP contribution is -2.25. The maximum atomic E-state index is 10.0. The molecule has 1 aromatic rings. The van der Waals surface area contributed by atoms with E-state index in [1.165, 1.54) is 0 Å². The molecule has 0 fully saturated rings. The van der Waals surface area contributed by atoms with Crippen molar-refractivity contribution in [3.05, 3.63) is 35.4 Å². The molecule has 0 saturated heterocycles. The molecule has 0 saturated carbocycles. The summed E-state index contributed by atoms with van der Waals surface area (Å²) in [7, 11) is 1.78. The minimum atomic E-state index is -1.02. The molecule has 94 valence electrons. The van der Waals surface area contributed by atoms with Crippen molar-refractivity contribution in [3.8, 4) is 0 Å². The Kier molecular flexibility index (Phi) is 5.09. The molecule has 0 amide bonds. The minimum absolute atomic E-state index is 0.111. The van der Waals surface area contributed by atoms with Crippen LogP contribution in [0, 0.1) is 5.41 Å². The van der Waals surface area contributed by atoms with Crippen LogP contribution in [0.2, 0.25) is 0 Å². The monoisotopic (exact) mass is 237 g/mol. The molecular weight excluding hydrogens is 218 g/mol. The first-order chi connectivity index (χ1) is 8.07. The maximum Gasteiger partial charge on any atom is 0.123 e. The summed E-state index contributed by atoms with van der Waals surface area (Å²) in [5, 5.41) is 30.1. The first-order valence-corrected chi connectivity index (χ1v) is 5.52. The molecule has 0 aromatic heterocycles. The Morgan fingerprint density at radius 3 is 2.65 bits per heavy atom. The van der Waals surface area contributed by atoms with Gasteiger partial charge in [0, 0.05) is 5.56 Å². The van der Waals surface area contributed by atoms with Crippen LogP contribution in [0.4, 0.5) is 0 Å². The first kappa shape index (κ1) is 13.6. The highest BCUT2D eigenvalue weighted by Crippen LogP contribution is 2.22. The molecule has 5 nitrogen and oxygen atoms in total. The van der Waals surface area contributed by atoms with Gasteiger partial charge in [0.25, 0.3) is 0 Å². The molecular formula is C12H19N3O2. The second-order valence-corrected chi connectivity index (χ2v) is 3.91. The van der Waals surface area contributed by atoms with E-state index in [0.29, 0.717) is 24.1 Å². The van der Waals surface area contributed by atoms with Crippen LogP contribution in [-0.2, 0) is 0 Å². The molecule has 2 unspecified atom stereocenters. The largest absolute Gasteiger partial charge is 0.390 e. The van der Waals surface area contributed by atoms with Crippen LogP contribution >= 0.6 is 0 Å². The van der Waals surface area contributed by atoms with E-state index in [1.54, 1.807) is 31.3 Å². The topological polar surface area (TPSA) is 102 Å². The van der Waals surface area contributed by atoms with Gasteiger partial charge in [0.2, 0.25) is 0 Å². The normalized spacial score (nSPS) is 14.3. The summed E-state index contributed by atoms with van der Waals surface area (Å²) in [4.78, 5) is 0. The predicted molar refractivity (Wildman–Crippen MR) is 67.0 cm³/mol. The average molecular weight is 237 g/mol. The molecule has 1 rings (SSSR count). The van der Waals surface area contributed by atoms with Crippen LogP contribution < -0.4 is 11.1 Å². The Balaban J connectivity index is 2.87. The van der Waals surface area contributed by atoms with Crippen LogP contribution in [0.15, 0.2) is 24.3 Å². The number of nitrogen functional groups attached to an aromatic ring is 1. The van der Waals surface area contributed by atoms with Gasteiger partial charge >= 0.3 is 0 Å². The third-order valence-corrected chi connectivity index (χ3v) is 2.62. The minimum Gasteiger partial charge on any atom is -0.390 e. The summed E-state index contributed by atoms with van der Waals surface area (Å²) < 4.78 is 0. The van der Waals surface area contributed by atoms with E-state index in [0.717, 1.165) is 0 Å². The molecule has 0 aliphatic rings. The highest BCUT2D eigenvalue weighted by atomic mass is 16.3. The van der Waals surface area contributed by atoms with Gasteiger partial charge < -0.3 is 21.3 Å². The third-order valence-electron chi connectivity index (χ3n) is 2.62. The van der Waals surface area contributed by atoms with E-state index in [9.17, 15) is 10.2 Å². The van der Waals surface area contributed by atoms with Gasteiger partial charge in [-0.05, 0) is 25.6 Å². The maximum absolute atomic E-state index is 10.0. The van der Waals surface area contributed by atoms with Crippen molar-refractivity contribution < 1.29 is 10.2 Å². The summed E-state index contributed by atoms with van der Waals surface area (Å²) in [6.07, 6.45) is -1.46. The molecule has 6 N–H and O–H groups in total. The fraction of sp³-hybridized carbons (Fsp3) is 0.417. The number of amidine groups is 1. The van der Waals surface area contributed by atoms with Gasteiger partial charge in [0.1, 0.15) is 11.9 Å². The summed E-state index contributed by atoms with van der Waals surface area (Å²) in [6, 6.07) is 6.82. The van der Waals surface area contributed by atoms with Crippen molar-refractivity contribution >= 4 is 5.84 Å². The van der Waals surface area contributed by atoms with Crippen molar-refractivity contribution in [2.24, 2.45) is 5.73 Å². The zero-order chi connectivity index (χ0) is 12.8. The molecule has 0 heterocycles. The molecule has 2 atom stereocenters. The Bertz CT molecular complexity index is 382. The van der Waals surface area contributed by atoms with E-state index < -0.39 is 12.2 Å². The van der Waals surface area contributed by atoms with Gasteiger partial charge in [-0.3, -0.25) is 5.41 Å². The van der Waals surface area contributed by atoms with Crippen LogP contribution in [0.1, 0.15) is 23.7 Å². The molecule has 1 aromatic carbocycles. The van der Waals surface area contributed by atoms with E-state index in [1.807, 2.05) is 0 Å². The molecule has 17 heavy (non-hydrogen) atoms. The lowest BCUT2D eigenvalue weighted by Gasteiger charge is -2.20. The fourth-order valence-electron chi connectivity index (χ4n) is 1.66. The molecule has 5 heteroatoms. The second-order valence-electron chi connectivity index (χ2n) is 3.91. The Morgan fingerprint density at radius 1 is 1.41 bits per heavy atom. The summed E-state index contributed by atoms with van der Waals surface area (Å²) >= 11 is 0. The van der Waals surface area contributed by atoms with Gasteiger partial charge in [-0.25, -0.2) is 0 Å². The summed E-state index contributed by atoms with van der Waals surface area (Å²) in [5.41, 5.74) is 6.38. The van der Waals surface area contributed by atoms with E-state index in [4.69, 9.17) is 11.1 Å². The van der Waals surface area contributed by atoms with Crippen molar-refractivity contribution in [1.29, 1.82) is 5.41 Å². The Hall–Kier alpha value is -1.43. The lowest BCUT2D eigenvalue weighted by atomic mass is 9.96. The predicted octanol–water partition coefficient (Wildman–Crippen LogP) is -0.0255. The first-order valence-electron chi connectivity index (χ1n) is 5.52. The number of hydrogen-bond acceptors (Lipinski definition) is 4. The zero-order valence-corrected chi connectivity index (χ0v) is 9.85. The van der Waals surface area contributed by atoms with E-state index in [-0.39, 0.29) is 5.84 Å². The standard InChI is InChI=1S/C12H19N3O2/c1-15-7-6-10(16)11(17)8-4-2-3-5-9(8)12(13)14/h2-5,10-11,15-17H,6-7H2,1H3,(H3,13,14). The number of nitrogens with two attached hydrogens (primary N) is 1.